The summed E-state index contributed by atoms with van der Waals surface area (Å²) < 4.78 is 38.7. The summed E-state index contributed by atoms with van der Waals surface area (Å²) in [5.41, 5.74) is 0. The predicted molar refractivity (Wildman–Crippen MR) is 65.4 cm³/mol. The van der Waals surface area contributed by atoms with Crippen LogP contribution >= 0.6 is 11.6 Å². The summed E-state index contributed by atoms with van der Waals surface area (Å²) in [6, 6.07) is 0.780. The number of sulfonamides is 1. The maximum Gasteiger partial charge on any atom is 0.322 e. The SMILES string of the molecule is O=C(O)C[C@H](NS(=O)(=O)c1ccc(Cl)cc1F)C(=O)O. The zero-order valence-corrected chi connectivity index (χ0v) is 11.3. The van der Waals surface area contributed by atoms with Crippen LogP contribution in [0.1, 0.15) is 6.42 Å². The Morgan fingerprint density at radius 1 is 1.35 bits per heavy atom. The van der Waals surface area contributed by atoms with Crippen LogP contribution in [0.3, 0.4) is 0 Å². The predicted octanol–water partition coefficient (Wildman–Crippen LogP) is 0.685. The van der Waals surface area contributed by atoms with Crippen molar-refractivity contribution in [1.82, 2.24) is 4.72 Å². The van der Waals surface area contributed by atoms with Gasteiger partial charge in [0.1, 0.15) is 16.8 Å². The standard InChI is InChI=1S/C10H9ClFNO6S/c11-5-1-2-8(6(12)3-5)20(18,19)13-7(10(16)17)4-9(14)15/h1-3,7,13H,4H2,(H,14,15)(H,16,17)/t7-/m0/s1. The number of hydrogen-bond acceptors (Lipinski definition) is 4. The lowest BCUT2D eigenvalue weighted by molar-refractivity contribution is -0.145. The van der Waals surface area contributed by atoms with E-state index in [0.29, 0.717) is 0 Å². The number of aliphatic carboxylic acids is 2. The van der Waals surface area contributed by atoms with Crippen molar-refractivity contribution >= 4 is 33.6 Å². The largest absolute Gasteiger partial charge is 0.481 e. The second-order valence-electron chi connectivity index (χ2n) is 3.68. The summed E-state index contributed by atoms with van der Waals surface area (Å²) in [7, 11) is -4.53. The third-order valence-corrected chi connectivity index (χ3v) is 3.90. The Balaban J connectivity index is 3.09. The molecule has 1 aromatic carbocycles. The van der Waals surface area contributed by atoms with Gasteiger partial charge in [0, 0.05) is 5.02 Å². The van der Waals surface area contributed by atoms with Crippen molar-refractivity contribution in [3.8, 4) is 0 Å². The van der Waals surface area contributed by atoms with Gasteiger partial charge in [0.15, 0.2) is 0 Å². The van der Waals surface area contributed by atoms with Crippen LogP contribution < -0.4 is 4.72 Å². The van der Waals surface area contributed by atoms with Crippen molar-refractivity contribution in [2.24, 2.45) is 0 Å². The molecule has 1 atom stereocenters. The van der Waals surface area contributed by atoms with E-state index < -0.39 is 45.1 Å². The molecule has 0 aromatic heterocycles. The number of halogens is 2. The molecule has 20 heavy (non-hydrogen) atoms. The molecule has 0 bridgehead atoms. The summed E-state index contributed by atoms with van der Waals surface area (Å²) in [4.78, 5) is 20.4. The first-order chi connectivity index (χ1) is 9.13. The van der Waals surface area contributed by atoms with Gasteiger partial charge in [-0.05, 0) is 18.2 Å². The van der Waals surface area contributed by atoms with E-state index in [1.807, 2.05) is 0 Å². The van der Waals surface area contributed by atoms with Crippen LogP contribution in [0.25, 0.3) is 0 Å². The third-order valence-electron chi connectivity index (χ3n) is 2.16. The monoisotopic (exact) mass is 325 g/mol. The number of carboxylic acids is 2. The number of benzene rings is 1. The van der Waals surface area contributed by atoms with Crippen molar-refractivity contribution in [2.75, 3.05) is 0 Å². The van der Waals surface area contributed by atoms with Crippen LogP contribution in [0.2, 0.25) is 5.02 Å². The van der Waals surface area contributed by atoms with Gasteiger partial charge in [-0.25, -0.2) is 12.8 Å². The molecule has 0 saturated carbocycles. The molecule has 1 aromatic rings. The summed E-state index contributed by atoms with van der Waals surface area (Å²) >= 11 is 5.47. The van der Waals surface area contributed by atoms with E-state index in [2.05, 4.69) is 0 Å². The molecule has 0 saturated heterocycles. The van der Waals surface area contributed by atoms with Crippen LogP contribution in [0.15, 0.2) is 23.1 Å². The van der Waals surface area contributed by atoms with Gasteiger partial charge in [0.2, 0.25) is 10.0 Å². The smallest absolute Gasteiger partial charge is 0.322 e. The van der Waals surface area contributed by atoms with E-state index in [4.69, 9.17) is 21.8 Å². The normalized spacial score (nSPS) is 12.9. The van der Waals surface area contributed by atoms with Gasteiger partial charge in [-0.15, -0.1) is 0 Å². The third kappa shape index (κ3) is 4.15. The molecule has 0 heterocycles. The molecule has 3 N–H and O–H groups in total. The Hall–Kier alpha value is -1.71. The maximum atomic E-state index is 13.5. The zero-order valence-electron chi connectivity index (χ0n) is 9.71. The Bertz CT molecular complexity index is 647. The topological polar surface area (TPSA) is 121 Å². The van der Waals surface area contributed by atoms with E-state index in [9.17, 15) is 22.4 Å². The first kappa shape index (κ1) is 16.3. The average Bonchev–Trinajstić information content (AvgIpc) is 2.26. The highest BCUT2D eigenvalue weighted by atomic mass is 35.5. The van der Waals surface area contributed by atoms with Crippen molar-refractivity contribution in [3.05, 3.63) is 29.0 Å². The Morgan fingerprint density at radius 2 is 1.95 bits per heavy atom. The highest BCUT2D eigenvalue weighted by Gasteiger charge is 2.29. The molecule has 0 amide bonds. The Kier molecular flexibility index (Phi) is 5.03. The fourth-order valence-corrected chi connectivity index (χ4v) is 2.71. The van der Waals surface area contributed by atoms with Gasteiger partial charge in [0.25, 0.3) is 0 Å². The summed E-state index contributed by atoms with van der Waals surface area (Å²) in [5.74, 6) is -4.38. The molecule has 0 aliphatic rings. The molecule has 1 rings (SSSR count). The van der Waals surface area contributed by atoms with Crippen LogP contribution in [-0.2, 0) is 19.6 Å². The second-order valence-corrected chi connectivity index (χ2v) is 5.80. The van der Waals surface area contributed by atoms with Crippen molar-refractivity contribution < 1.29 is 32.6 Å². The van der Waals surface area contributed by atoms with E-state index in [-0.39, 0.29) is 5.02 Å². The van der Waals surface area contributed by atoms with Crippen LogP contribution in [-0.4, -0.2) is 36.6 Å². The fraction of sp³-hybridized carbons (Fsp3) is 0.200. The van der Waals surface area contributed by atoms with Crippen LogP contribution in [0.5, 0.6) is 0 Å². The van der Waals surface area contributed by atoms with Crippen molar-refractivity contribution in [2.45, 2.75) is 17.4 Å². The van der Waals surface area contributed by atoms with Gasteiger partial charge in [-0.1, -0.05) is 11.6 Å². The molecule has 0 aliphatic carbocycles. The fourth-order valence-electron chi connectivity index (χ4n) is 1.30. The quantitative estimate of drug-likeness (QED) is 0.707. The lowest BCUT2D eigenvalue weighted by atomic mass is 10.2. The molecule has 7 nitrogen and oxygen atoms in total. The first-order valence-electron chi connectivity index (χ1n) is 5.05. The minimum atomic E-state index is -4.53. The van der Waals surface area contributed by atoms with Crippen LogP contribution in [0.4, 0.5) is 4.39 Å². The molecular weight excluding hydrogens is 317 g/mol. The van der Waals surface area contributed by atoms with E-state index in [1.165, 1.54) is 0 Å². The Morgan fingerprint density at radius 3 is 2.40 bits per heavy atom. The molecule has 110 valence electrons. The van der Waals surface area contributed by atoms with Crippen LogP contribution in [0, 0.1) is 5.82 Å². The van der Waals surface area contributed by atoms with E-state index in [1.54, 1.807) is 4.72 Å². The minimum Gasteiger partial charge on any atom is -0.481 e. The first-order valence-corrected chi connectivity index (χ1v) is 6.91. The number of carbonyl (C=O) groups is 2. The molecule has 0 radical (unpaired) electrons. The molecular formula is C10H9ClFNO6S. The summed E-state index contributed by atoms with van der Waals surface area (Å²) in [5, 5.41) is 17.2. The number of rotatable bonds is 6. The highest BCUT2D eigenvalue weighted by molar-refractivity contribution is 7.89. The second kappa shape index (κ2) is 6.16. The lowest BCUT2D eigenvalue weighted by Gasteiger charge is -2.13. The molecule has 0 unspecified atom stereocenters. The molecule has 0 fully saturated rings. The zero-order chi connectivity index (χ0) is 15.5. The molecule has 10 heteroatoms. The van der Waals surface area contributed by atoms with Gasteiger partial charge in [0.05, 0.1) is 6.42 Å². The highest BCUT2D eigenvalue weighted by Crippen LogP contribution is 2.19. The van der Waals surface area contributed by atoms with Crippen molar-refractivity contribution in [1.29, 1.82) is 0 Å². The number of hydrogen-bond donors (Lipinski definition) is 3. The Labute approximate surface area is 118 Å². The summed E-state index contributed by atoms with van der Waals surface area (Å²) in [6.07, 6.45) is -0.982. The number of nitrogens with one attached hydrogen (secondary N) is 1. The van der Waals surface area contributed by atoms with Gasteiger partial charge in [-0.2, -0.15) is 4.72 Å². The van der Waals surface area contributed by atoms with Gasteiger partial charge >= 0.3 is 11.9 Å². The van der Waals surface area contributed by atoms with Gasteiger partial charge in [-0.3, -0.25) is 9.59 Å². The summed E-state index contributed by atoms with van der Waals surface area (Å²) in [6.45, 7) is 0. The van der Waals surface area contributed by atoms with E-state index in [0.717, 1.165) is 18.2 Å². The average molecular weight is 326 g/mol. The van der Waals surface area contributed by atoms with E-state index >= 15 is 0 Å². The minimum absolute atomic E-state index is 0.0400. The molecule has 0 aliphatic heterocycles. The number of carboxylic acid groups (broad SMARTS) is 2. The lowest BCUT2D eigenvalue weighted by Crippen LogP contribution is -2.42. The molecule has 0 spiro atoms. The maximum absolute atomic E-state index is 13.5. The van der Waals surface area contributed by atoms with Crippen molar-refractivity contribution in [3.63, 3.8) is 0 Å². The van der Waals surface area contributed by atoms with Gasteiger partial charge < -0.3 is 10.2 Å².